The van der Waals surface area contributed by atoms with Gasteiger partial charge in [-0.15, -0.1) is 0 Å². The van der Waals surface area contributed by atoms with E-state index in [4.69, 9.17) is 0 Å². The lowest BCUT2D eigenvalue weighted by atomic mass is 10.2. The molecule has 1 aromatic carbocycles. The number of nitrogens with one attached hydrogen (secondary N) is 1. The highest BCUT2D eigenvalue weighted by Gasteiger charge is 1.92. The van der Waals surface area contributed by atoms with Crippen molar-refractivity contribution in [3.05, 3.63) is 42.6 Å². The van der Waals surface area contributed by atoms with Crippen LogP contribution in [-0.2, 0) is 0 Å². The molecule has 2 nitrogen and oxygen atoms in total. The van der Waals surface area contributed by atoms with Crippen LogP contribution in [0.2, 0.25) is 0 Å². The van der Waals surface area contributed by atoms with Gasteiger partial charge in [-0.05, 0) is 31.6 Å². The van der Waals surface area contributed by atoms with E-state index >= 15 is 0 Å². The summed E-state index contributed by atoms with van der Waals surface area (Å²) < 4.78 is 0. The standard InChI is InChI=1S/C9H7N.C3H7N/c1-2-6-9-8(4-1)5-3-7-10-9;1-2-4-3-1/h1-7H;4H,1-3H2. The van der Waals surface area contributed by atoms with E-state index in [0.717, 1.165) is 5.52 Å². The second kappa shape index (κ2) is 4.72. The van der Waals surface area contributed by atoms with Crippen LogP contribution in [0, 0.1) is 0 Å². The Morgan fingerprint density at radius 1 is 1.00 bits per heavy atom. The highest BCUT2D eigenvalue weighted by atomic mass is 14.9. The minimum absolute atomic E-state index is 1.06. The number of fused-ring (bicyclic) bond motifs is 1. The van der Waals surface area contributed by atoms with Gasteiger partial charge < -0.3 is 5.32 Å². The predicted molar refractivity (Wildman–Crippen MR) is 59.2 cm³/mol. The Bertz CT molecular complexity index is 325. The molecule has 0 radical (unpaired) electrons. The number of aromatic nitrogens is 1. The zero-order chi connectivity index (χ0) is 9.64. The van der Waals surface area contributed by atoms with Crippen molar-refractivity contribution in [1.82, 2.24) is 10.3 Å². The number of nitrogens with zero attached hydrogens (tertiary/aromatic N) is 1. The smallest absolute Gasteiger partial charge is 0.0701 e. The number of pyridine rings is 1. The Hall–Kier alpha value is -1.41. The molecule has 2 heterocycles. The lowest BCUT2D eigenvalue weighted by Crippen LogP contribution is -2.29. The summed E-state index contributed by atoms with van der Waals surface area (Å²) in [6.45, 7) is 2.50. The van der Waals surface area contributed by atoms with Crippen molar-refractivity contribution in [3.8, 4) is 0 Å². The lowest BCUT2D eigenvalue weighted by Gasteiger charge is -2.09. The number of benzene rings is 1. The van der Waals surface area contributed by atoms with Gasteiger partial charge in [0, 0.05) is 11.6 Å². The number of para-hydroxylation sites is 1. The largest absolute Gasteiger partial charge is 0.317 e. The van der Waals surface area contributed by atoms with Crippen LogP contribution >= 0.6 is 0 Å². The fourth-order valence-electron chi connectivity index (χ4n) is 1.19. The molecule has 0 saturated carbocycles. The highest BCUT2D eigenvalue weighted by Crippen LogP contribution is 2.07. The van der Waals surface area contributed by atoms with Gasteiger partial charge in [-0.1, -0.05) is 24.3 Å². The molecule has 1 aliphatic rings. The molecule has 1 fully saturated rings. The molecule has 0 aliphatic carbocycles. The maximum atomic E-state index is 4.18. The van der Waals surface area contributed by atoms with Crippen LogP contribution in [0.4, 0.5) is 0 Å². The third-order valence-electron chi connectivity index (χ3n) is 2.22. The topological polar surface area (TPSA) is 24.9 Å². The van der Waals surface area contributed by atoms with Gasteiger partial charge in [0.25, 0.3) is 0 Å². The zero-order valence-electron chi connectivity index (χ0n) is 8.11. The highest BCUT2D eigenvalue weighted by molar-refractivity contribution is 5.77. The lowest BCUT2D eigenvalue weighted by molar-refractivity contribution is 0.527. The quantitative estimate of drug-likeness (QED) is 0.682. The Morgan fingerprint density at radius 2 is 1.64 bits per heavy atom. The first-order valence-corrected chi connectivity index (χ1v) is 4.97. The second-order valence-corrected chi connectivity index (χ2v) is 3.30. The minimum Gasteiger partial charge on any atom is -0.317 e. The van der Waals surface area contributed by atoms with Crippen LogP contribution in [-0.4, -0.2) is 18.1 Å². The molecule has 0 amide bonds. The normalized spacial score (nSPS) is 14.0. The molecule has 2 heteroatoms. The van der Waals surface area contributed by atoms with Crippen LogP contribution in [0.3, 0.4) is 0 Å². The second-order valence-electron chi connectivity index (χ2n) is 3.30. The molecule has 1 saturated heterocycles. The Kier molecular flexibility index (Phi) is 3.09. The van der Waals surface area contributed by atoms with Gasteiger partial charge in [0.1, 0.15) is 0 Å². The van der Waals surface area contributed by atoms with E-state index < -0.39 is 0 Å². The van der Waals surface area contributed by atoms with Gasteiger partial charge in [-0.3, -0.25) is 4.98 Å². The van der Waals surface area contributed by atoms with E-state index in [-0.39, 0.29) is 0 Å². The van der Waals surface area contributed by atoms with E-state index in [0.29, 0.717) is 0 Å². The van der Waals surface area contributed by atoms with Crippen LogP contribution in [0.15, 0.2) is 42.6 Å². The maximum Gasteiger partial charge on any atom is 0.0701 e. The summed E-state index contributed by atoms with van der Waals surface area (Å²) in [6, 6.07) is 12.1. The molecular weight excluding hydrogens is 172 g/mol. The molecule has 0 unspecified atom stereocenters. The summed E-state index contributed by atoms with van der Waals surface area (Å²) in [5.41, 5.74) is 1.06. The molecular formula is C12H14N2. The molecule has 0 atom stereocenters. The fraction of sp³-hybridized carbons (Fsp3) is 0.250. The van der Waals surface area contributed by atoms with Crippen molar-refractivity contribution in [1.29, 1.82) is 0 Å². The summed E-state index contributed by atoms with van der Waals surface area (Å²) >= 11 is 0. The summed E-state index contributed by atoms with van der Waals surface area (Å²) in [7, 11) is 0. The monoisotopic (exact) mass is 186 g/mol. The van der Waals surface area contributed by atoms with E-state index in [9.17, 15) is 0 Å². The maximum absolute atomic E-state index is 4.18. The van der Waals surface area contributed by atoms with Gasteiger partial charge in [-0.25, -0.2) is 0 Å². The number of hydrogen-bond donors (Lipinski definition) is 1. The van der Waals surface area contributed by atoms with Crippen molar-refractivity contribution in [2.75, 3.05) is 13.1 Å². The minimum atomic E-state index is 1.06. The summed E-state index contributed by atoms with van der Waals surface area (Å²) in [4.78, 5) is 4.18. The fourth-order valence-corrected chi connectivity index (χ4v) is 1.19. The van der Waals surface area contributed by atoms with Gasteiger partial charge in [-0.2, -0.15) is 0 Å². The molecule has 3 rings (SSSR count). The summed E-state index contributed by atoms with van der Waals surface area (Å²) in [6.07, 6.45) is 3.20. The van der Waals surface area contributed by atoms with Crippen molar-refractivity contribution in [3.63, 3.8) is 0 Å². The van der Waals surface area contributed by atoms with E-state index in [1.54, 1.807) is 0 Å². The zero-order valence-corrected chi connectivity index (χ0v) is 8.11. The van der Waals surface area contributed by atoms with Crippen LogP contribution in [0.1, 0.15) is 6.42 Å². The van der Waals surface area contributed by atoms with Crippen LogP contribution < -0.4 is 5.32 Å². The summed E-state index contributed by atoms with van der Waals surface area (Å²) in [5, 5.41) is 4.31. The Morgan fingerprint density at radius 3 is 2.29 bits per heavy atom. The van der Waals surface area contributed by atoms with Gasteiger partial charge >= 0.3 is 0 Å². The van der Waals surface area contributed by atoms with Crippen molar-refractivity contribution < 1.29 is 0 Å². The van der Waals surface area contributed by atoms with Gasteiger partial charge in [0.15, 0.2) is 0 Å². The van der Waals surface area contributed by atoms with Crippen LogP contribution in [0.5, 0.6) is 0 Å². The average Bonchev–Trinajstić information content (AvgIpc) is 2.16. The van der Waals surface area contributed by atoms with Gasteiger partial charge in [0.05, 0.1) is 5.52 Å². The first-order chi connectivity index (χ1) is 6.97. The first-order valence-electron chi connectivity index (χ1n) is 4.97. The molecule has 72 valence electrons. The van der Waals surface area contributed by atoms with E-state index in [1.807, 2.05) is 30.5 Å². The molecule has 0 spiro atoms. The molecule has 1 aliphatic heterocycles. The van der Waals surface area contributed by atoms with Gasteiger partial charge in [0.2, 0.25) is 0 Å². The van der Waals surface area contributed by atoms with Crippen molar-refractivity contribution in [2.24, 2.45) is 0 Å². The third-order valence-corrected chi connectivity index (χ3v) is 2.22. The van der Waals surface area contributed by atoms with Crippen LogP contribution in [0.25, 0.3) is 10.9 Å². The Labute approximate surface area is 84.0 Å². The molecule has 1 N–H and O–H groups in total. The van der Waals surface area contributed by atoms with Crippen molar-refractivity contribution >= 4 is 10.9 Å². The number of rotatable bonds is 0. The molecule has 0 bridgehead atoms. The first kappa shape index (κ1) is 9.16. The van der Waals surface area contributed by atoms with E-state index in [2.05, 4.69) is 22.4 Å². The van der Waals surface area contributed by atoms with E-state index in [1.165, 1.54) is 24.9 Å². The molecule has 2 aromatic rings. The third kappa shape index (κ3) is 2.30. The predicted octanol–water partition coefficient (Wildman–Crippen LogP) is 2.21. The SMILES string of the molecule is C1CNC1.c1ccc2ncccc2c1. The Balaban J connectivity index is 0.000000157. The van der Waals surface area contributed by atoms with Crippen molar-refractivity contribution in [2.45, 2.75) is 6.42 Å². The number of hydrogen-bond acceptors (Lipinski definition) is 2. The molecule has 1 aromatic heterocycles. The summed E-state index contributed by atoms with van der Waals surface area (Å²) in [5.74, 6) is 0. The molecule has 14 heavy (non-hydrogen) atoms. The average molecular weight is 186 g/mol.